The van der Waals surface area contributed by atoms with Gasteiger partial charge in [0.15, 0.2) is 6.29 Å². The number of hydrogen-bond donors (Lipinski definition) is 3. The number of carbonyl (C=O) groups is 1. The lowest BCUT2D eigenvalue weighted by molar-refractivity contribution is -0.199. The molecule has 2 fully saturated rings. The third kappa shape index (κ3) is 7.50. The fraction of sp³-hybridized carbons (Fsp3) is 0.947. The second-order valence-electron chi connectivity index (χ2n) is 7.56. The topological polar surface area (TPSA) is 88.0 Å². The first kappa shape index (κ1) is 20.5. The van der Waals surface area contributed by atoms with Gasteiger partial charge in [0.25, 0.3) is 0 Å². The minimum atomic E-state index is -1.02. The Morgan fingerprint density at radius 1 is 1.20 bits per heavy atom. The summed E-state index contributed by atoms with van der Waals surface area (Å²) in [5.41, 5.74) is 0. The summed E-state index contributed by atoms with van der Waals surface area (Å²) < 4.78 is 11.9. The van der Waals surface area contributed by atoms with Gasteiger partial charge in [-0.15, -0.1) is 0 Å². The van der Waals surface area contributed by atoms with E-state index in [0.717, 1.165) is 38.5 Å². The first-order valence-corrected chi connectivity index (χ1v) is 10.0. The normalized spacial score (nSPS) is 25.9. The van der Waals surface area contributed by atoms with Gasteiger partial charge in [-0.3, -0.25) is 0 Å². The molecule has 0 aromatic rings. The first-order valence-electron chi connectivity index (χ1n) is 10.0. The maximum absolute atomic E-state index is 11.3. The molecule has 2 aliphatic rings. The third-order valence-corrected chi connectivity index (χ3v) is 5.51. The van der Waals surface area contributed by atoms with Crippen LogP contribution in [0.25, 0.3) is 0 Å². The molecular formula is C19H35NO5. The van der Waals surface area contributed by atoms with Gasteiger partial charge in [0.1, 0.15) is 0 Å². The number of aliphatic hydroxyl groups excluding tert-OH is 1. The standard InChI is InChI=1S/C19H35NO5/c1-2-15(21)13-17(25-18-10-6-7-11-24-18)16(20-19(22)23)12-14-8-4-3-5-9-14/h14-18,20-21H,2-13H2,1H3,(H,22,23). The van der Waals surface area contributed by atoms with Gasteiger partial charge in [0, 0.05) is 13.0 Å². The number of amides is 1. The van der Waals surface area contributed by atoms with Crippen molar-refractivity contribution in [1.29, 1.82) is 0 Å². The smallest absolute Gasteiger partial charge is 0.404 e. The Kier molecular flexibility index (Phi) is 8.99. The molecule has 4 atom stereocenters. The van der Waals surface area contributed by atoms with E-state index in [2.05, 4.69) is 5.32 Å². The van der Waals surface area contributed by atoms with Crippen LogP contribution < -0.4 is 5.32 Å². The van der Waals surface area contributed by atoms with Crippen molar-refractivity contribution in [2.45, 2.75) is 102 Å². The summed E-state index contributed by atoms with van der Waals surface area (Å²) in [6, 6.07) is -0.299. The van der Waals surface area contributed by atoms with Gasteiger partial charge >= 0.3 is 6.09 Å². The van der Waals surface area contributed by atoms with Gasteiger partial charge in [-0.2, -0.15) is 0 Å². The number of aliphatic hydroxyl groups is 1. The van der Waals surface area contributed by atoms with E-state index >= 15 is 0 Å². The van der Waals surface area contributed by atoms with Crippen LogP contribution in [0.1, 0.15) is 77.6 Å². The van der Waals surface area contributed by atoms with E-state index < -0.39 is 12.2 Å². The number of rotatable bonds is 9. The summed E-state index contributed by atoms with van der Waals surface area (Å²) in [4.78, 5) is 11.3. The van der Waals surface area contributed by atoms with Gasteiger partial charge in [-0.05, 0) is 38.0 Å². The Hall–Kier alpha value is -0.850. The van der Waals surface area contributed by atoms with Crippen molar-refractivity contribution in [2.75, 3.05) is 6.61 Å². The van der Waals surface area contributed by atoms with Crippen LogP contribution in [0.15, 0.2) is 0 Å². The predicted octanol–water partition coefficient (Wildman–Crippen LogP) is 3.67. The summed E-state index contributed by atoms with van der Waals surface area (Å²) in [5, 5.41) is 22.1. The molecule has 4 unspecified atom stereocenters. The molecule has 3 N–H and O–H groups in total. The number of hydrogen-bond acceptors (Lipinski definition) is 4. The molecule has 146 valence electrons. The van der Waals surface area contributed by atoms with Crippen molar-refractivity contribution in [3.05, 3.63) is 0 Å². The molecule has 1 aliphatic heterocycles. The lowest BCUT2D eigenvalue weighted by Crippen LogP contribution is -2.48. The van der Waals surface area contributed by atoms with Gasteiger partial charge in [-0.25, -0.2) is 4.79 Å². The fourth-order valence-corrected chi connectivity index (χ4v) is 4.01. The second kappa shape index (κ2) is 11.0. The molecule has 1 heterocycles. The van der Waals surface area contributed by atoms with Crippen LogP contribution >= 0.6 is 0 Å². The van der Waals surface area contributed by atoms with Crippen molar-refractivity contribution in [1.82, 2.24) is 5.32 Å². The van der Waals surface area contributed by atoms with Crippen molar-refractivity contribution >= 4 is 6.09 Å². The molecule has 1 saturated heterocycles. The summed E-state index contributed by atoms with van der Waals surface area (Å²) in [6.07, 6.45) is 8.67. The lowest BCUT2D eigenvalue weighted by Gasteiger charge is -2.35. The fourth-order valence-electron chi connectivity index (χ4n) is 4.01. The lowest BCUT2D eigenvalue weighted by atomic mass is 9.83. The molecule has 1 amide bonds. The highest BCUT2D eigenvalue weighted by molar-refractivity contribution is 5.64. The van der Waals surface area contributed by atoms with Crippen LogP contribution in [-0.4, -0.2) is 47.5 Å². The van der Waals surface area contributed by atoms with Crippen molar-refractivity contribution in [3.63, 3.8) is 0 Å². The SMILES string of the molecule is CCC(O)CC(OC1CCCCO1)C(CC1CCCCC1)NC(=O)O. The molecule has 25 heavy (non-hydrogen) atoms. The summed E-state index contributed by atoms with van der Waals surface area (Å²) in [6.45, 7) is 2.62. The van der Waals surface area contributed by atoms with E-state index in [-0.39, 0.29) is 18.4 Å². The number of ether oxygens (including phenoxy) is 2. The zero-order chi connectivity index (χ0) is 18.1. The average molecular weight is 357 g/mol. The molecule has 0 aromatic heterocycles. The largest absolute Gasteiger partial charge is 0.465 e. The Bertz CT molecular complexity index is 380. The summed E-state index contributed by atoms with van der Waals surface area (Å²) in [5.74, 6) is 0.530. The van der Waals surface area contributed by atoms with Crippen LogP contribution in [0.3, 0.4) is 0 Å². The van der Waals surface area contributed by atoms with Crippen molar-refractivity contribution in [3.8, 4) is 0 Å². The molecule has 6 nitrogen and oxygen atoms in total. The van der Waals surface area contributed by atoms with E-state index in [1.807, 2.05) is 6.92 Å². The minimum Gasteiger partial charge on any atom is -0.465 e. The number of carboxylic acid groups (broad SMARTS) is 1. The molecule has 2 rings (SSSR count). The number of nitrogens with one attached hydrogen (secondary N) is 1. The van der Waals surface area contributed by atoms with Crippen LogP contribution in [0, 0.1) is 5.92 Å². The maximum Gasteiger partial charge on any atom is 0.404 e. The summed E-state index contributed by atoms with van der Waals surface area (Å²) in [7, 11) is 0. The van der Waals surface area contributed by atoms with E-state index in [1.54, 1.807) is 0 Å². The zero-order valence-electron chi connectivity index (χ0n) is 15.5. The Morgan fingerprint density at radius 3 is 2.52 bits per heavy atom. The Labute approximate surface area is 151 Å². The zero-order valence-corrected chi connectivity index (χ0v) is 15.5. The predicted molar refractivity (Wildman–Crippen MR) is 95.5 cm³/mol. The summed E-state index contributed by atoms with van der Waals surface area (Å²) >= 11 is 0. The molecule has 0 aromatic carbocycles. The first-order chi connectivity index (χ1) is 12.1. The molecule has 0 bridgehead atoms. The van der Waals surface area contributed by atoms with Crippen LogP contribution in [-0.2, 0) is 9.47 Å². The van der Waals surface area contributed by atoms with E-state index in [1.165, 1.54) is 19.3 Å². The maximum atomic E-state index is 11.3. The molecule has 0 spiro atoms. The van der Waals surface area contributed by atoms with Crippen LogP contribution in [0.5, 0.6) is 0 Å². The molecule has 0 radical (unpaired) electrons. The average Bonchev–Trinajstić information content (AvgIpc) is 2.62. The van der Waals surface area contributed by atoms with Crippen LogP contribution in [0.4, 0.5) is 4.79 Å². The quantitative estimate of drug-likeness (QED) is 0.586. The highest BCUT2D eigenvalue weighted by Gasteiger charge is 2.32. The molecule has 6 heteroatoms. The van der Waals surface area contributed by atoms with Crippen molar-refractivity contribution < 1.29 is 24.5 Å². The highest BCUT2D eigenvalue weighted by Crippen LogP contribution is 2.30. The van der Waals surface area contributed by atoms with E-state index in [4.69, 9.17) is 9.47 Å². The minimum absolute atomic E-state index is 0.285. The second-order valence-corrected chi connectivity index (χ2v) is 7.56. The third-order valence-electron chi connectivity index (χ3n) is 5.51. The van der Waals surface area contributed by atoms with Crippen molar-refractivity contribution in [2.24, 2.45) is 5.92 Å². The Balaban J connectivity index is 2.03. The van der Waals surface area contributed by atoms with Gasteiger partial charge in [0.2, 0.25) is 0 Å². The van der Waals surface area contributed by atoms with E-state index in [9.17, 15) is 15.0 Å². The Morgan fingerprint density at radius 2 is 1.92 bits per heavy atom. The van der Waals surface area contributed by atoms with Gasteiger partial charge in [-0.1, -0.05) is 39.0 Å². The highest BCUT2D eigenvalue weighted by atomic mass is 16.7. The molecular weight excluding hydrogens is 322 g/mol. The van der Waals surface area contributed by atoms with E-state index in [0.29, 0.717) is 25.4 Å². The molecule has 1 saturated carbocycles. The van der Waals surface area contributed by atoms with Crippen LogP contribution in [0.2, 0.25) is 0 Å². The van der Waals surface area contributed by atoms with Gasteiger partial charge in [0.05, 0.1) is 18.2 Å². The molecule has 1 aliphatic carbocycles. The monoisotopic (exact) mass is 357 g/mol. The van der Waals surface area contributed by atoms with Gasteiger partial charge < -0.3 is 25.0 Å².